The Morgan fingerprint density at radius 3 is 1.89 bits per heavy atom. The Bertz CT molecular complexity index is 1690. The van der Waals surface area contributed by atoms with E-state index in [1.165, 1.54) is 39.2 Å². The van der Waals surface area contributed by atoms with Crippen LogP contribution in [0.1, 0.15) is 22.8 Å². The van der Waals surface area contributed by atoms with Crippen LogP contribution in [0.5, 0.6) is 23.0 Å². The van der Waals surface area contributed by atoms with Gasteiger partial charge in [-0.3, -0.25) is 14.4 Å². The number of benzene rings is 4. The predicted octanol–water partition coefficient (Wildman–Crippen LogP) is 6.25. The summed E-state index contributed by atoms with van der Waals surface area (Å²) in [4.78, 5) is 40.2. The highest BCUT2D eigenvalue weighted by atomic mass is 32.2. The lowest BCUT2D eigenvalue weighted by molar-refractivity contribution is -0.115. The van der Waals surface area contributed by atoms with Crippen molar-refractivity contribution in [3.63, 3.8) is 0 Å². The lowest BCUT2D eigenvalue weighted by Gasteiger charge is -2.15. The second-order valence-electron chi connectivity index (χ2n) is 9.78. The summed E-state index contributed by atoms with van der Waals surface area (Å²) in [7, 11) is 6.08. The molecule has 4 aromatic rings. The summed E-state index contributed by atoms with van der Waals surface area (Å²) in [5.41, 5.74) is 2.00. The van der Waals surface area contributed by atoms with E-state index < -0.39 is 11.8 Å². The second kappa shape index (κ2) is 16.1. The maximum absolute atomic E-state index is 13.6. The molecule has 4 aromatic carbocycles. The smallest absolute Gasteiger partial charge is 0.272 e. The molecule has 11 heteroatoms. The van der Waals surface area contributed by atoms with Crippen LogP contribution < -0.4 is 34.9 Å². The summed E-state index contributed by atoms with van der Waals surface area (Å²) in [6.45, 7) is 1.81. The van der Waals surface area contributed by atoms with Gasteiger partial charge in [-0.05, 0) is 79.7 Å². The highest BCUT2D eigenvalue weighted by molar-refractivity contribution is 8.00. The van der Waals surface area contributed by atoms with E-state index in [9.17, 15) is 14.4 Å². The molecular weight excluding hydrogens is 606 g/mol. The molecule has 0 heterocycles. The Morgan fingerprint density at radius 2 is 1.28 bits per heavy atom. The van der Waals surface area contributed by atoms with Gasteiger partial charge in [-0.2, -0.15) is 0 Å². The molecular formula is C35H35N3O7S. The molecule has 0 aliphatic rings. The second-order valence-corrected chi connectivity index (χ2v) is 11.2. The average molecular weight is 642 g/mol. The van der Waals surface area contributed by atoms with Crippen LogP contribution in [-0.4, -0.2) is 51.4 Å². The Labute approximate surface area is 272 Å². The van der Waals surface area contributed by atoms with Gasteiger partial charge < -0.3 is 34.9 Å². The number of carbonyl (C=O) groups is 3. The van der Waals surface area contributed by atoms with Crippen molar-refractivity contribution in [1.29, 1.82) is 0 Å². The topological polar surface area (TPSA) is 124 Å². The standard InChI is InChI=1S/C35H35N3O7S/c1-22(33(39)36-25-11-15-27(42-2)16-12-25)46-28-17-13-26(14-18-28)37-35(41)29(38-34(40)23-9-7-6-8-10-23)19-24-20-31(44-4)32(45-5)21-30(24)43-3/h6-22H,1-5H3,(H,36,39)(H,37,41)(H,38,40)/b29-19-. The molecule has 0 spiro atoms. The van der Waals surface area contributed by atoms with Crippen molar-refractivity contribution in [2.45, 2.75) is 17.1 Å². The quantitative estimate of drug-likeness (QED) is 0.116. The van der Waals surface area contributed by atoms with E-state index >= 15 is 0 Å². The predicted molar refractivity (Wildman–Crippen MR) is 180 cm³/mol. The van der Waals surface area contributed by atoms with Crippen LogP contribution in [0, 0.1) is 0 Å². The van der Waals surface area contributed by atoms with Gasteiger partial charge in [0.15, 0.2) is 11.5 Å². The average Bonchev–Trinajstić information content (AvgIpc) is 3.09. The first-order valence-electron chi connectivity index (χ1n) is 14.2. The van der Waals surface area contributed by atoms with Crippen molar-refractivity contribution >= 4 is 46.9 Å². The number of hydrogen-bond donors (Lipinski definition) is 3. The van der Waals surface area contributed by atoms with Crippen LogP contribution in [0.3, 0.4) is 0 Å². The van der Waals surface area contributed by atoms with Crippen LogP contribution in [0.15, 0.2) is 102 Å². The molecule has 0 fully saturated rings. The fourth-order valence-electron chi connectivity index (χ4n) is 4.25. The highest BCUT2D eigenvalue weighted by Crippen LogP contribution is 2.36. The lowest BCUT2D eigenvalue weighted by Crippen LogP contribution is -2.30. The van der Waals surface area contributed by atoms with Crippen molar-refractivity contribution in [1.82, 2.24) is 5.32 Å². The first-order valence-corrected chi connectivity index (χ1v) is 15.0. The molecule has 0 aliphatic heterocycles. The normalized spacial score (nSPS) is 11.5. The van der Waals surface area contributed by atoms with Crippen molar-refractivity contribution < 1.29 is 33.3 Å². The maximum Gasteiger partial charge on any atom is 0.272 e. The molecule has 3 N–H and O–H groups in total. The third kappa shape index (κ3) is 8.82. The zero-order chi connectivity index (χ0) is 33.1. The zero-order valence-corrected chi connectivity index (χ0v) is 26.9. The minimum Gasteiger partial charge on any atom is -0.497 e. The number of anilines is 2. The van der Waals surface area contributed by atoms with E-state index in [0.717, 1.165) is 4.90 Å². The van der Waals surface area contributed by atoms with Crippen molar-refractivity contribution in [3.05, 3.63) is 108 Å². The third-order valence-corrected chi connectivity index (χ3v) is 7.83. The Balaban J connectivity index is 1.51. The molecule has 10 nitrogen and oxygen atoms in total. The first kappa shape index (κ1) is 33.5. The summed E-state index contributed by atoms with van der Waals surface area (Å²) in [6.07, 6.45) is 1.50. The van der Waals surface area contributed by atoms with Crippen molar-refractivity contribution in [3.8, 4) is 23.0 Å². The van der Waals surface area contributed by atoms with E-state index in [0.29, 0.717) is 45.5 Å². The van der Waals surface area contributed by atoms with Crippen LogP contribution in [0.25, 0.3) is 6.08 Å². The van der Waals surface area contributed by atoms with Gasteiger partial charge in [-0.15, -0.1) is 11.8 Å². The first-order chi connectivity index (χ1) is 22.2. The molecule has 238 valence electrons. The number of carbonyl (C=O) groups excluding carboxylic acids is 3. The summed E-state index contributed by atoms with van der Waals surface area (Å²) in [6, 6.07) is 26.0. The minimum atomic E-state index is -0.561. The fraction of sp³-hybridized carbons (Fsp3) is 0.171. The molecule has 0 aromatic heterocycles. The number of thioether (sulfide) groups is 1. The molecule has 0 saturated carbocycles. The van der Waals surface area contributed by atoms with Crippen LogP contribution in [0.4, 0.5) is 11.4 Å². The number of hydrogen-bond acceptors (Lipinski definition) is 8. The van der Waals surface area contributed by atoms with Gasteiger partial charge in [0, 0.05) is 33.5 Å². The number of nitrogens with one attached hydrogen (secondary N) is 3. The summed E-state index contributed by atoms with van der Waals surface area (Å²) >= 11 is 1.38. The van der Waals surface area contributed by atoms with Gasteiger partial charge in [-0.1, -0.05) is 18.2 Å². The van der Waals surface area contributed by atoms with E-state index in [-0.39, 0.29) is 16.9 Å². The summed E-state index contributed by atoms with van der Waals surface area (Å²) in [5, 5.41) is 8.07. The van der Waals surface area contributed by atoms with Gasteiger partial charge in [0.1, 0.15) is 17.2 Å². The van der Waals surface area contributed by atoms with E-state index in [1.807, 2.05) is 6.92 Å². The number of ether oxygens (including phenoxy) is 4. The Morgan fingerprint density at radius 1 is 0.696 bits per heavy atom. The molecule has 4 rings (SSSR count). The van der Waals surface area contributed by atoms with E-state index in [4.69, 9.17) is 18.9 Å². The molecule has 0 aliphatic carbocycles. The lowest BCUT2D eigenvalue weighted by atomic mass is 10.1. The molecule has 46 heavy (non-hydrogen) atoms. The largest absolute Gasteiger partial charge is 0.497 e. The van der Waals surface area contributed by atoms with Crippen LogP contribution in [0.2, 0.25) is 0 Å². The van der Waals surface area contributed by atoms with E-state index in [2.05, 4.69) is 16.0 Å². The molecule has 1 atom stereocenters. The SMILES string of the molecule is COc1ccc(NC(=O)C(C)Sc2ccc(NC(=O)/C(=C/c3cc(OC)c(OC)cc3OC)NC(=O)c3ccccc3)cc2)cc1. The monoisotopic (exact) mass is 641 g/mol. The molecule has 0 saturated heterocycles. The van der Waals surface area contributed by atoms with Crippen molar-refractivity contribution in [2.75, 3.05) is 39.1 Å². The maximum atomic E-state index is 13.6. The molecule has 0 bridgehead atoms. The van der Waals surface area contributed by atoms with Crippen LogP contribution in [-0.2, 0) is 9.59 Å². The van der Waals surface area contributed by atoms with Gasteiger partial charge in [0.05, 0.1) is 33.7 Å². The zero-order valence-electron chi connectivity index (χ0n) is 26.1. The highest BCUT2D eigenvalue weighted by Gasteiger charge is 2.19. The molecule has 1 unspecified atom stereocenters. The van der Waals surface area contributed by atoms with Gasteiger partial charge in [0.25, 0.3) is 11.8 Å². The van der Waals surface area contributed by atoms with Gasteiger partial charge in [-0.25, -0.2) is 0 Å². The van der Waals surface area contributed by atoms with Crippen LogP contribution >= 0.6 is 11.8 Å². The Kier molecular flexibility index (Phi) is 11.7. The Hall–Kier alpha value is -5.42. The van der Waals surface area contributed by atoms with E-state index in [1.54, 1.807) is 98.1 Å². The molecule has 0 radical (unpaired) electrons. The summed E-state index contributed by atoms with van der Waals surface area (Å²) in [5.74, 6) is 0.800. The number of amides is 3. The molecule has 3 amide bonds. The van der Waals surface area contributed by atoms with Crippen molar-refractivity contribution in [2.24, 2.45) is 0 Å². The number of methoxy groups -OCH3 is 4. The third-order valence-electron chi connectivity index (χ3n) is 6.72. The van der Waals surface area contributed by atoms with Gasteiger partial charge >= 0.3 is 0 Å². The van der Waals surface area contributed by atoms with Gasteiger partial charge in [0.2, 0.25) is 5.91 Å². The summed E-state index contributed by atoms with van der Waals surface area (Å²) < 4.78 is 21.5. The minimum absolute atomic E-state index is 0.0263. The number of rotatable bonds is 13. The fourth-order valence-corrected chi connectivity index (χ4v) is 5.12.